The molecule has 0 unspecified atom stereocenters. The van der Waals surface area contributed by atoms with Crippen LogP contribution < -0.4 is 9.62 Å². The van der Waals surface area contributed by atoms with Crippen molar-refractivity contribution in [3.63, 3.8) is 0 Å². The van der Waals surface area contributed by atoms with Crippen molar-refractivity contribution in [2.45, 2.75) is 12.6 Å². The summed E-state index contributed by atoms with van der Waals surface area (Å²) in [5.74, 6) is -0.598. The average Bonchev–Trinajstić information content (AvgIpc) is 2.89. The minimum absolute atomic E-state index is 0.104. The van der Waals surface area contributed by atoms with Gasteiger partial charge in [0.15, 0.2) is 5.75 Å². The fourth-order valence-electron chi connectivity index (χ4n) is 4.57. The zero-order valence-electron chi connectivity index (χ0n) is 20.5. The molecular weight excluding hydrogens is 531 g/mol. The molecule has 7 nitrogen and oxygen atoms in total. The molecule has 1 aliphatic heterocycles. The summed E-state index contributed by atoms with van der Waals surface area (Å²) in [6.07, 6.45) is -2.07. The van der Waals surface area contributed by atoms with Gasteiger partial charge in [-0.05, 0) is 52.4 Å². The van der Waals surface area contributed by atoms with Gasteiger partial charge in [0, 0.05) is 18.2 Å². The minimum Gasteiger partial charge on any atom is -0.504 e. The number of hydrogen-bond acceptors (Lipinski definition) is 5. The maximum Gasteiger partial charge on any atom is 0.416 e. The van der Waals surface area contributed by atoms with Crippen LogP contribution in [0.15, 0.2) is 79.0 Å². The molecule has 0 saturated carbocycles. The van der Waals surface area contributed by atoms with Gasteiger partial charge in [-0.2, -0.15) is 13.2 Å². The number of rotatable bonds is 5. The second kappa shape index (κ2) is 9.73. The van der Waals surface area contributed by atoms with Crippen LogP contribution in [0, 0.1) is 0 Å². The van der Waals surface area contributed by atoms with Crippen molar-refractivity contribution in [1.29, 1.82) is 0 Å². The molecule has 2 N–H and O–H groups in total. The van der Waals surface area contributed by atoms with Gasteiger partial charge in [0.2, 0.25) is 10.0 Å². The van der Waals surface area contributed by atoms with E-state index < -0.39 is 21.8 Å². The molecule has 0 atom stereocenters. The predicted molar refractivity (Wildman–Crippen MR) is 142 cm³/mol. The van der Waals surface area contributed by atoms with Crippen LogP contribution in [-0.2, 0) is 22.6 Å². The van der Waals surface area contributed by atoms with Gasteiger partial charge in [0.25, 0.3) is 5.91 Å². The van der Waals surface area contributed by atoms with Crippen LogP contribution in [-0.4, -0.2) is 37.2 Å². The second-order valence-electron chi connectivity index (χ2n) is 9.14. The molecule has 4 aromatic rings. The van der Waals surface area contributed by atoms with E-state index in [-0.39, 0.29) is 29.7 Å². The number of hydrogen-bond donors (Lipinski definition) is 2. The summed E-state index contributed by atoms with van der Waals surface area (Å²) >= 11 is 0. The first-order valence-corrected chi connectivity index (χ1v) is 13.7. The summed E-state index contributed by atoms with van der Waals surface area (Å²) in [6, 6.07) is 18.8. The van der Waals surface area contributed by atoms with Gasteiger partial charge in [-0.15, -0.1) is 0 Å². The first-order valence-electron chi connectivity index (χ1n) is 11.8. The first-order chi connectivity index (χ1) is 18.4. The van der Waals surface area contributed by atoms with Crippen LogP contribution >= 0.6 is 0 Å². The van der Waals surface area contributed by atoms with Gasteiger partial charge >= 0.3 is 6.18 Å². The van der Waals surface area contributed by atoms with Crippen LogP contribution in [0.2, 0.25) is 0 Å². The highest BCUT2D eigenvalue weighted by molar-refractivity contribution is 7.92. The van der Waals surface area contributed by atoms with Crippen LogP contribution in [0.3, 0.4) is 0 Å². The molecule has 3 aromatic carbocycles. The summed E-state index contributed by atoms with van der Waals surface area (Å²) in [5, 5.41) is 9.97. The number of amides is 1. The maximum atomic E-state index is 13.5. The number of pyridine rings is 1. The van der Waals surface area contributed by atoms with E-state index in [1.165, 1.54) is 17.0 Å². The number of anilines is 2. The Labute approximate surface area is 222 Å². The molecule has 1 aromatic heterocycles. The predicted octanol–water partition coefficient (Wildman–Crippen LogP) is 5.71. The van der Waals surface area contributed by atoms with E-state index in [2.05, 4.69) is 9.71 Å². The van der Waals surface area contributed by atoms with Gasteiger partial charge in [-0.3, -0.25) is 14.4 Å². The average molecular weight is 554 g/mol. The van der Waals surface area contributed by atoms with Crippen molar-refractivity contribution >= 4 is 27.4 Å². The van der Waals surface area contributed by atoms with Crippen LogP contribution in [0.25, 0.3) is 22.3 Å². The number of nitrogens with one attached hydrogen (secondary N) is 1. The molecule has 0 fully saturated rings. The Hall–Kier alpha value is -4.38. The maximum absolute atomic E-state index is 13.5. The molecule has 0 spiro atoms. The Morgan fingerprint density at radius 1 is 0.923 bits per heavy atom. The lowest BCUT2D eigenvalue weighted by molar-refractivity contribution is -0.137. The Kier molecular flexibility index (Phi) is 6.55. The topological polar surface area (TPSA) is 99.6 Å². The van der Waals surface area contributed by atoms with E-state index in [9.17, 15) is 31.5 Å². The molecule has 1 aliphatic rings. The monoisotopic (exact) mass is 553 g/mol. The van der Waals surface area contributed by atoms with Crippen molar-refractivity contribution < 1.29 is 31.5 Å². The van der Waals surface area contributed by atoms with Gasteiger partial charge in [-0.25, -0.2) is 13.4 Å². The van der Waals surface area contributed by atoms with Gasteiger partial charge < -0.3 is 5.11 Å². The van der Waals surface area contributed by atoms with E-state index in [0.29, 0.717) is 34.2 Å². The van der Waals surface area contributed by atoms with Gasteiger partial charge in [0.1, 0.15) is 5.82 Å². The van der Waals surface area contributed by atoms with E-state index >= 15 is 0 Å². The number of carbonyl (C=O) groups is 1. The highest BCUT2D eigenvalue weighted by atomic mass is 32.2. The molecule has 200 valence electrons. The summed E-state index contributed by atoms with van der Waals surface area (Å²) < 4.78 is 65.9. The smallest absolute Gasteiger partial charge is 0.416 e. The number of fused-ring (bicyclic) bond motifs is 1. The fraction of sp³-hybridized carbons (Fsp3) is 0.143. The van der Waals surface area contributed by atoms with Crippen molar-refractivity contribution in [3.05, 3.63) is 95.7 Å². The SMILES string of the molecule is CS(=O)(=O)Nc1cc(N2CCc3cc(-c4ccc(C(F)(F)F)cc4-c4ccccc4)ccc3C2=O)ncc1O. The summed E-state index contributed by atoms with van der Waals surface area (Å²) in [6.45, 7) is 0.226. The standard InChI is InChI=1S/C28H22F3N3O4S/c1-39(37,38)33-24-15-26(32-16-25(24)35)34-12-11-19-13-18(7-9-22(19)27(34)36)21-10-8-20(28(29,30)31)14-23(21)17-5-3-2-4-6-17/h2-10,13-16,35H,11-12H2,1H3,(H,32,33). The molecule has 0 bridgehead atoms. The Bertz CT molecular complexity index is 1690. The summed E-state index contributed by atoms with van der Waals surface area (Å²) in [5.41, 5.74) is 2.59. The quantitative estimate of drug-likeness (QED) is 0.330. The summed E-state index contributed by atoms with van der Waals surface area (Å²) in [4.78, 5) is 18.8. The lowest BCUT2D eigenvalue weighted by atomic mass is 9.89. The highest BCUT2D eigenvalue weighted by Gasteiger charge is 2.32. The largest absolute Gasteiger partial charge is 0.504 e. The number of benzene rings is 3. The minimum atomic E-state index is -4.49. The lowest BCUT2D eigenvalue weighted by Gasteiger charge is -2.28. The lowest BCUT2D eigenvalue weighted by Crippen LogP contribution is -2.38. The zero-order chi connectivity index (χ0) is 27.9. The van der Waals surface area contributed by atoms with E-state index in [1.54, 1.807) is 48.5 Å². The second-order valence-corrected chi connectivity index (χ2v) is 10.9. The number of nitrogens with zero attached hydrogens (tertiary/aromatic N) is 2. The number of sulfonamides is 1. The van der Waals surface area contributed by atoms with Gasteiger partial charge in [-0.1, -0.05) is 48.5 Å². The fourth-order valence-corrected chi connectivity index (χ4v) is 5.13. The third-order valence-corrected chi connectivity index (χ3v) is 6.96. The molecule has 11 heteroatoms. The first kappa shape index (κ1) is 26.2. The normalized spacial score (nSPS) is 13.7. The van der Waals surface area contributed by atoms with Crippen molar-refractivity contribution in [2.24, 2.45) is 0 Å². The van der Waals surface area contributed by atoms with Gasteiger partial charge in [0.05, 0.1) is 23.7 Å². The van der Waals surface area contributed by atoms with Crippen molar-refractivity contribution in [2.75, 3.05) is 22.4 Å². The number of carbonyl (C=O) groups excluding carboxylic acids is 1. The Balaban J connectivity index is 1.51. The molecule has 0 saturated heterocycles. The third kappa shape index (κ3) is 5.44. The molecule has 5 rings (SSSR count). The van der Waals surface area contributed by atoms with E-state index in [4.69, 9.17) is 0 Å². The molecular formula is C28H22F3N3O4S. The number of aromatic nitrogens is 1. The third-order valence-electron chi connectivity index (χ3n) is 6.37. The number of alkyl halides is 3. The zero-order valence-corrected chi connectivity index (χ0v) is 21.3. The Morgan fingerprint density at radius 2 is 1.64 bits per heavy atom. The number of halogens is 3. The Morgan fingerprint density at radius 3 is 2.33 bits per heavy atom. The molecule has 2 heterocycles. The molecule has 39 heavy (non-hydrogen) atoms. The molecule has 0 aliphatic carbocycles. The molecule has 1 amide bonds. The number of aromatic hydroxyl groups is 1. The highest BCUT2D eigenvalue weighted by Crippen LogP contribution is 2.39. The van der Waals surface area contributed by atoms with Crippen LogP contribution in [0.1, 0.15) is 21.5 Å². The van der Waals surface area contributed by atoms with Crippen molar-refractivity contribution in [1.82, 2.24) is 4.98 Å². The van der Waals surface area contributed by atoms with E-state index in [0.717, 1.165) is 30.1 Å². The van der Waals surface area contributed by atoms with E-state index in [1.807, 2.05) is 0 Å². The summed E-state index contributed by atoms with van der Waals surface area (Å²) in [7, 11) is -3.68. The van der Waals surface area contributed by atoms with Crippen LogP contribution in [0.4, 0.5) is 24.7 Å². The molecule has 0 radical (unpaired) electrons. The van der Waals surface area contributed by atoms with Crippen LogP contribution in [0.5, 0.6) is 5.75 Å². The van der Waals surface area contributed by atoms with Crippen molar-refractivity contribution in [3.8, 4) is 28.0 Å².